The highest BCUT2D eigenvalue weighted by Crippen LogP contribution is 2.39. The van der Waals surface area contributed by atoms with E-state index in [0.29, 0.717) is 23.2 Å². The van der Waals surface area contributed by atoms with Crippen LogP contribution in [0.1, 0.15) is 18.4 Å². The fourth-order valence-corrected chi connectivity index (χ4v) is 4.63. The maximum atomic E-state index is 13.5. The van der Waals surface area contributed by atoms with Gasteiger partial charge in [0.2, 0.25) is 5.95 Å². The molecule has 158 valence electrons. The number of aromatic nitrogens is 3. The van der Waals surface area contributed by atoms with E-state index in [1.165, 1.54) is 6.20 Å². The summed E-state index contributed by atoms with van der Waals surface area (Å²) in [4.78, 5) is 12.7. The number of hydrogen-bond donors (Lipinski definition) is 2. The number of halogens is 3. The largest absolute Gasteiger partial charge is 0.420 e. The Hall–Kier alpha value is -1.63. The van der Waals surface area contributed by atoms with Gasteiger partial charge < -0.3 is 15.4 Å². The first kappa shape index (κ1) is 20.6. The van der Waals surface area contributed by atoms with E-state index in [-0.39, 0.29) is 23.7 Å². The summed E-state index contributed by atoms with van der Waals surface area (Å²) in [5, 5.41) is 6.90. The monoisotopic (exact) mass is 446 g/mol. The molecule has 2 aliphatic heterocycles. The summed E-state index contributed by atoms with van der Waals surface area (Å²) < 4.78 is 47.9. The molecule has 0 unspecified atom stereocenters. The van der Waals surface area contributed by atoms with Gasteiger partial charge in [0, 0.05) is 31.5 Å². The molecule has 29 heavy (non-hydrogen) atoms. The van der Waals surface area contributed by atoms with E-state index in [1.54, 1.807) is 11.9 Å². The molecule has 2 aliphatic rings. The third-order valence-electron chi connectivity index (χ3n) is 4.84. The predicted molar refractivity (Wildman–Crippen MR) is 108 cm³/mol. The van der Waals surface area contributed by atoms with Crippen LogP contribution >= 0.6 is 23.3 Å². The van der Waals surface area contributed by atoms with Crippen LogP contribution in [0.15, 0.2) is 12.4 Å². The van der Waals surface area contributed by atoms with Crippen molar-refractivity contribution in [3.63, 3.8) is 0 Å². The van der Waals surface area contributed by atoms with Crippen molar-refractivity contribution in [2.45, 2.75) is 31.1 Å². The molecule has 2 aromatic heterocycles. The highest BCUT2D eigenvalue weighted by molar-refractivity contribution is 7.96. The van der Waals surface area contributed by atoms with Gasteiger partial charge in [0.25, 0.3) is 0 Å². The summed E-state index contributed by atoms with van der Waals surface area (Å²) in [7, 11) is 0. The van der Waals surface area contributed by atoms with Crippen molar-refractivity contribution in [2.24, 2.45) is 0 Å². The molecule has 12 heteroatoms. The maximum absolute atomic E-state index is 13.5. The second-order valence-electron chi connectivity index (χ2n) is 6.89. The van der Waals surface area contributed by atoms with Gasteiger partial charge in [0.1, 0.15) is 5.56 Å². The predicted octanol–water partition coefficient (Wildman–Crippen LogP) is 3.58. The second kappa shape index (κ2) is 8.62. The highest BCUT2D eigenvalue weighted by Gasteiger charge is 2.36. The van der Waals surface area contributed by atoms with Crippen molar-refractivity contribution in [3.8, 4) is 10.6 Å². The first-order valence-electron chi connectivity index (χ1n) is 9.22. The van der Waals surface area contributed by atoms with Crippen LogP contribution < -0.4 is 10.6 Å². The molecule has 4 rings (SSSR count). The lowest BCUT2D eigenvalue weighted by molar-refractivity contribution is -0.137. The molecule has 2 saturated heterocycles. The van der Waals surface area contributed by atoms with Crippen molar-refractivity contribution < 1.29 is 17.9 Å². The minimum absolute atomic E-state index is 0.139. The van der Waals surface area contributed by atoms with Crippen LogP contribution in [0.25, 0.3) is 10.6 Å². The van der Waals surface area contributed by atoms with E-state index in [2.05, 4.69) is 29.9 Å². The van der Waals surface area contributed by atoms with Crippen LogP contribution in [0.5, 0.6) is 0 Å². The lowest BCUT2D eigenvalue weighted by atomic mass is 10.1. The molecule has 0 radical (unpaired) electrons. The zero-order valence-corrected chi connectivity index (χ0v) is 17.3. The van der Waals surface area contributed by atoms with E-state index in [0.717, 1.165) is 43.5 Å². The Labute approximate surface area is 174 Å². The minimum atomic E-state index is -4.54. The Bertz CT molecular complexity index is 837. The first-order chi connectivity index (χ1) is 13.9. The molecule has 4 heterocycles. The van der Waals surface area contributed by atoms with Crippen LogP contribution in [-0.2, 0) is 10.9 Å². The molecule has 0 saturated carbocycles. The van der Waals surface area contributed by atoms with Crippen molar-refractivity contribution in [1.29, 1.82) is 0 Å². The number of thiazole rings is 1. The summed E-state index contributed by atoms with van der Waals surface area (Å²) >= 11 is 2.85. The summed E-state index contributed by atoms with van der Waals surface area (Å²) in [5.41, 5.74) is -1.01. The molecule has 2 aromatic rings. The lowest BCUT2D eigenvalue weighted by Gasteiger charge is -2.30. The van der Waals surface area contributed by atoms with Gasteiger partial charge >= 0.3 is 6.18 Å². The Morgan fingerprint density at radius 3 is 2.52 bits per heavy atom. The van der Waals surface area contributed by atoms with E-state index in [4.69, 9.17) is 4.74 Å². The van der Waals surface area contributed by atoms with Crippen molar-refractivity contribution in [3.05, 3.63) is 18.0 Å². The van der Waals surface area contributed by atoms with E-state index < -0.39 is 11.7 Å². The Morgan fingerprint density at radius 2 is 1.90 bits per heavy atom. The van der Waals surface area contributed by atoms with Gasteiger partial charge in [0.15, 0.2) is 5.13 Å². The van der Waals surface area contributed by atoms with Gasteiger partial charge in [-0.3, -0.25) is 4.31 Å². The molecule has 0 amide bonds. The van der Waals surface area contributed by atoms with Gasteiger partial charge in [-0.05, 0) is 19.1 Å². The molecule has 0 spiro atoms. The zero-order chi connectivity index (χ0) is 20.4. The standard InChI is InChI=1S/C17H21F3N6OS2/c1-28-26-4-2-10(3-5-26)23-15-21-6-12(17(18,19)20)14(25-15)13-7-22-16(29-13)24-11-8-27-9-11/h6-7,10-11H,2-5,8-9H2,1H3,(H,22,24)(H,21,23,25). The Balaban J connectivity index is 1.55. The number of alkyl halides is 3. The second-order valence-corrected chi connectivity index (χ2v) is 8.80. The molecule has 2 fully saturated rings. The number of rotatable bonds is 6. The average Bonchev–Trinajstić information content (AvgIpc) is 3.13. The van der Waals surface area contributed by atoms with Crippen molar-refractivity contribution in [1.82, 2.24) is 19.3 Å². The van der Waals surface area contributed by atoms with Gasteiger partial charge in [-0.25, -0.2) is 15.0 Å². The highest BCUT2D eigenvalue weighted by atomic mass is 32.2. The molecule has 7 nitrogen and oxygen atoms in total. The third kappa shape index (κ3) is 4.93. The zero-order valence-electron chi connectivity index (χ0n) is 15.7. The molecule has 0 bridgehead atoms. The van der Waals surface area contributed by atoms with Crippen LogP contribution in [0.2, 0.25) is 0 Å². The smallest absolute Gasteiger partial charge is 0.377 e. The van der Waals surface area contributed by atoms with E-state index in [9.17, 15) is 13.2 Å². The molecular formula is C17H21F3N6OS2. The number of piperidine rings is 1. The van der Waals surface area contributed by atoms with Crippen LogP contribution in [0.4, 0.5) is 24.3 Å². The summed E-state index contributed by atoms with van der Waals surface area (Å²) in [6.45, 7) is 2.97. The number of anilines is 2. The first-order valence-corrected chi connectivity index (χ1v) is 11.2. The fourth-order valence-electron chi connectivity index (χ4n) is 3.16. The summed E-state index contributed by atoms with van der Waals surface area (Å²) in [5.74, 6) is 0.214. The summed E-state index contributed by atoms with van der Waals surface area (Å²) in [6, 6.07) is 0.283. The number of hydrogen-bond acceptors (Lipinski definition) is 9. The van der Waals surface area contributed by atoms with Crippen LogP contribution in [-0.4, -0.2) is 63.9 Å². The number of ether oxygens (including phenoxy) is 1. The normalized spacial score (nSPS) is 19.2. The molecular weight excluding hydrogens is 425 g/mol. The average molecular weight is 447 g/mol. The van der Waals surface area contributed by atoms with Gasteiger partial charge in [-0.1, -0.05) is 23.3 Å². The Kier molecular flexibility index (Phi) is 6.13. The van der Waals surface area contributed by atoms with Crippen LogP contribution in [0, 0.1) is 0 Å². The van der Waals surface area contributed by atoms with Gasteiger partial charge in [-0.15, -0.1) is 0 Å². The lowest BCUT2D eigenvalue weighted by Crippen LogP contribution is -2.40. The topological polar surface area (TPSA) is 75.2 Å². The fraction of sp³-hybridized carbons (Fsp3) is 0.588. The van der Waals surface area contributed by atoms with E-state index >= 15 is 0 Å². The maximum Gasteiger partial charge on any atom is 0.420 e. The SMILES string of the molecule is CSN1CCC(Nc2ncc(C(F)(F)F)c(-c3cnc(NC4COC4)s3)n2)CC1. The molecule has 0 atom stereocenters. The van der Waals surface area contributed by atoms with E-state index in [1.807, 2.05) is 6.26 Å². The van der Waals surface area contributed by atoms with Crippen LogP contribution in [0.3, 0.4) is 0 Å². The number of nitrogens with zero attached hydrogens (tertiary/aromatic N) is 4. The summed E-state index contributed by atoms with van der Waals surface area (Å²) in [6.07, 6.45) is 1.54. The minimum Gasteiger partial charge on any atom is -0.377 e. The van der Waals surface area contributed by atoms with Crippen molar-refractivity contribution in [2.75, 3.05) is 43.2 Å². The van der Waals surface area contributed by atoms with Gasteiger partial charge in [0.05, 0.1) is 29.8 Å². The van der Waals surface area contributed by atoms with Crippen molar-refractivity contribution >= 4 is 34.4 Å². The molecule has 0 aromatic carbocycles. The number of nitrogens with one attached hydrogen (secondary N) is 2. The quantitative estimate of drug-likeness (QED) is 0.653. The molecule has 0 aliphatic carbocycles. The molecule has 2 N–H and O–H groups in total. The third-order valence-corrected chi connectivity index (χ3v) is 6.66. The Morgan fingerprint density at radius 1 is 1.14 bits per heavy atom. The van der Waals surface area contributed by atoms with Gasteiger partial charge in [-0.2, -0.15) is 13.2 Å².